The first kappa shape index (κ1) is 21.0. The maximum atomic E-state index is 12.7. The van der Waals surface area contributed by atoms with Crippen molar-refractivity contribution < 1.29 is 24.0 Å². The zero-order valence-corrected chi connectivity index (χ0v) is 17.0. The number of hydrogen-bond acceptors (Lipinski definition) is 6. The van der Waals surface area contributed by atoms with Crippen molar-refractivity contribution in [1.29, 1.82) is 0 Å². The quantitative estimate of drug-likeness (QED) is 0.718. The average Bonchev–Trinajstić information content (AvgIpc) is 3.15. The van der Waals surface area contributed by atoms with Crippen LogP contribution in [-0.4, -0.2) is 45.7 Å². The molecule has 0 saturated carbocycles. The molecule has 1 fully saturated rings. The molecule has 0 spiro atoms. The highest BCUT2D eigenvalue weighted by Crippen LogP contribution is 2.21. The van der Waals surface area contributed by atoms with Crippen LogP contribution in [0.1, 0.15) is 48.8 Å². The zero-order chi connectivity index (χ0) is 20.8. The van der Waals surface area contributed by atoms with Gasteiger partial charge < -0.3 is 19.3 Å². The van der Waals surface area contributed by atoms with Gasteiger partial charge >= 0.3 is 5.97 Å². The molecule has 1 amide bonds. The second-order valence-electron chi connectivity index (χ2n) is 7.51. The number of benzene rings is 1. The van der Waals surface area contributed by atoms with Crippen molar-refractivity contribution >= 4 is 11.9 Å². The van der Waals surface area contributed by atoms with Crippen LogP contribution in [0, 0.1) is 6.92 Å². The first-order valence-corrected chi connectivity index (χ1v) is 10.1. The van der Waals surface area contributed by atoms with Gasteiger partial charge in [0.25, 0.3) is 0 Å². The van der Waals surface area contributed by atoms with Crippen LogP contribution in [-0.2, 0) is 33.8 Å². The zero-order valence-electron chi connectivity index (χ0n) is 17.0. The fourth-order valence-corrected chi connectivity index (χ4v) is 3.50. The normalized spacial score (nSPS) is 19.2. The first-order valence-electron chi connectivity index (χ1n) is 10.1. The number of aliphatic hydroxyl groups excluding tert-OH is 1. The van der Waals surface area contributed by atoms with Gasteiger partial charge in [0.2, 0.25) is 5.91 Å². The summed E-state index contributed by atoms with van der Waals surface area (Å²) in [7, 11) is 0. The number of carbonyl (C=O) groups is 2. The Balaban J connectivity index is 1.58. The van der Waals surface area contributed by atoms with Gasteiger partial charge in [-0.1, -0.05) is 36.3 Å². The third kappa shape index (κ3) is 5.67. The molecule has 0 radical (unpaired) electrons. The fraction of sp³-hybridized carbons (Fsp3) is 0.500. The van der Waals surface area contributed by atoms with Gasteiger partial charge in [-0.05, 0) is 37.3 Å². The number of likely N-dealkylation sites (tertiary alicyclic amines) is 1. The van der Waals surface area contributed by atoms with Crippen LogP contribution in [0.5, 0.6) is 0 Å². The van der Waals surface area contributed by atoms with E-state index in [1.807, 2.05) is 31.2 Å². The Kier molecular flexibility index (Phi) is 7.04. The Labute approximate surface area is 170 Å². The highest BCUT2D eigenvalue weighted by atomic mass is 16.5. The number of hydrogen-bond donors (Lipinski definition) is 1. The van der Waals surface area contributed by atoms with Gasteiger partial charge in [-0.3, -0.25) is 4.79 Å². The molecule has 3 rings (SSSR count). The van der Waals surface area contributed by atoms with E-state index in [1.165, 1.54) is 10.5 Å². The van der Waals surface area contributed by atoms with E-state index in [-0.39, 0.29) is 25.5 Å². The monoisotopic (exact) mass is 400 g/mol. The average molecular weight is 400 g/mol. The number of nitrogens with zero attached hydrogens (tertiary/aromatic N) is 2. The predicted octanol–water partition coefficient (Wildman–Crippen LogP) is 2.57. The number of rotatable bonds is 7. The maximum Gasteiger partial charge on any atom is 0.329 e. The van der Waals surface area contributed by atoms with E-state index in [9.17, 15) is 14.7 Å². The van der Waals surface area contributed by atoms with Gasteiger partial charge in [-0.15, -0.1) is 0 Å². The summed E-state index contributed by atoms with van der Waals surface area (Å²) in [5, 5.41) is 13.8. The number of esters is 1. The Morgan fingerprint density at radius 2 is 1.97 bits per heavy atom. The summed E-state index contributed by atoms with van der Waals surface area (Å²) in [6.07, 6.45) is 1.77. The predicted molar refractivity (Wildman–Crippen MR) is 106 cm³/mol. The molecule has 1 saturated heterocycles. The lowest BCUT2D eigenvalue weighted by Crippen LogP contribution is -2.52. The standard InChI is InChI=1S/C22H28N2O5/c1-3-16-4-6-17(7-5-16)14-28-22(27)20-10-8-18(25)13-24(20)21(26)11-9-19-12-15(2)23-29-19/h4-7,12,18,20,25H,3,8-11,13-14H2,1-2H3/t18-,20+/m1/s1. The van der Waals surface area contributed by atoms with E-state index in [4.69, 9.17) is 9.26 Å². The van der Waals surface area contributed by atoms with Gasteiger partial charge in [0.1, 0.15) is 18.4 Å². The molecule has 1 aromatic carbocycles. The summed E-state index contributed by atoms with van der Waals surface area (Å²) in [6, 6.07) is 9.03. The molecule has 29 heavy (non-hydrogen) atoms. The minimum atomic E-state index is -0.669. The van der Waals surface area contributed by atoms with E-state index >= 15 is 0 Å². The topological polar surface area (TPSA) is 92.9 Å². The van der Waals surface area contributed by atoms with Crippen LogP contribution in [0.3, 0.4) is 0 Å². The van der Waals surface area contributed by atoms with Crippen LogP contribution in [0.2, 0.25) is 0 Å². The third-order valence-electron chi connectivity index (χ3n) is 5.22. The van der Waals surface area contributed by atoms with Gasteiger partial charge in [-0.25, -0.2) is 4.79 Å². The summed E-state index contributed by atoms with van der Waals surface area (Å²) in [4.78, 5) is 26.8. The molecule has 156 valence electrons. The summed E-state index contributed by atoms with van der Waals surface area (Å²) in [6.45, 7) is 4.21. The number of aliphatic hydroxyl groups is 1. The van der Waals surface area contributed by atoms with E-state index in [1.54, 1.807) is 6.07 Å². The molecule has 1 N–H and O–H groups in total. The van der Waals surface area contributed by atoms with E-state index in [2.05, 4.69) is 12.1 Å². The number of amides is 1. The number of aryl methyl sites for hydroxylation is 3. The molecule has 1 aliphatic rings. The highest BCUT2D eigenvalue weighted by molar-refractivity contribution is 5.85. The Morgan fingerprint density at radius 3 is 2.62 bits per heavy atom. The van der Waals surface area contributed by atoms with Crippen LogP contribution in [0.15, 0.2) is 34.9 Å². The van der Waals surface area contributed by atoms with Crippen molar-refractivity contribution in [2.75, 3.05) is 6.54 Å². The van der Waals surface area contributed by atoms with E-state index in [0.717, 1.165) is 17.7 Å². The molecule has 2 heterocycles. The van der Waals surface area contributed by atoms with Crippen molar-refractivity contribution in [2.45, 2.75) is 64.7 Å². The summed E-state index contributed by atoms with van der Waals surface area (Å²) >= 11 is 0. The number of ether oxygens (including phenoxy) is 1. The van der Waals surface area contributed by atoms with Crippen molar-refractivity contribution in [3.05, 3.63) is 52.9 Å². The summed E-state index contributed by atoms with van der Waals surface area (Å²) in [5.74, 6) is -0.00422. The van der Waals surface area contributed by atoms with Crippen LogP contribution < -0.4 is 0 Å². The molecule has 7 nitrogen and oxygen atoms in total. The largest absolute Gasteiger partial charge is 0.459 e. The third-order valence-corrected chi connectivity index (χ3v) is 5.22. The fourth-order valence-electron chi connectivity index (χ4n) is 3.50. The van der Waals surface area contributed by atoms with Gasteiger partial charge in [-0.2, -0.15) is 0 Å². The second kappa shape index (κ2) is 9.69. The molecule has 7 heteroatoms. The minimum Gasteiger partial charge on any atom is -0.459 e. The first-order chi connectivity index (χ1) is 14.0. The van der Waals surface area contributed by atoms with Gasteiger partial charge in [0, 0.05) is 25.5 Å². The smallest absolute Gasteiger partial charge is 0.329 e. The van der Waals surface area contributed by atoms with Crippen LogP contribution in [0.4, 0.5) is 0 Å². The molecular weight excluding hydrogens is 372 g/mol. The van der Waals surface area contributed by atoms with Gasteiger partial charge in [0.05, 0.1) is 11.8 Å². The lowest BCUT2D eigenvalue weighted by molar-refractivity contribution is -0.160. The molecular formula is C22H28N2O5. The molecule has 1 aliphatic heterocycles. The van der Waals surface area contributed by atoms with Crippen molar-refractivity contribution in [2.24, 2.45) is 0 Å². The maximum absolute atomic E-state index is 12.7. The molecule has 2 atom stereocenters. The summed E-state index contributed by atoms with van der Waals surface area (Å²) < 4.78 is 10.6. The number of carbonyl (C=O) groups excluding carboxylic acids is 2. The van der Waals surface area contributed by atoms with Crippen molar-refractivity contribution in [3.8, 4) is 0 Å². The van der Waals surface area contributed by atoms with Crippen molar-refractivity contribution in [1.82, 2.24) is 10.1 Å². The Bertz CT molecular complexity index is 830. The SMILES string of the molecule is CCc1ccc(COC(=O)[C@@H]2CC[C@@H](O)CN2C(=O)CCc2cc(C)no2)cc1. The van der Waals surface area contributed by atoms with Crippen LogP contribution >= 0.6 is 0 Å². The second-order valence-corrected chi connectivity index (χ2v) is 7.51. The molecule has 0 unspecified atom stereocenters. The molecule has 0 bridgehead atoms. The Hall–Kier alpha value is -2.67. The van der Waals surface area contributed by atoms with E-state index < -0.39 is 18.1 Å². The number of piperidine rings is 1. The van der Waals surface area contributed by atoms with E-state index in [0.29, 0.717) is 25.0 Å². The molecule has 1 aromatic heterocycles. The number of β-amino-alcohol motifs (C(OH)–C–C–N with tert-alkyl or cyclic N) is 1. The Morgan fingerprint density at radius 1 is 1.24 bits per heavy atom. The molecule has 2 aromatic rings. The highest BCUT2D eigenvalue weighted by Gasteiger charge is 2.36. The van der Waals surface area contributed by atoms with Gasteiger partial charge in [0.15, 0.2) is 0 Å². The lowest BCUT2D eigenvalue weighted by atomic mass is 9.99. The van der Waals surface area contributed by atoms with Crippen LogP contribution in [0.25, 0.3) is 0 Å². The molecule has 0 aliphatic carbocycles. The summed E-state index contributed by atoms with van der Waals surface area (Å²) in [5.41, 5.74) is 2.89. The lowest BCUT2D eigenvalue weighted by Gasteiger charge is -2.36. The van der Waals surface area contributed by atoms with Crippen molar-refractivity contribution in [3.63, 3.8) is 0 Å². The minimum absolute atomic E-state index is 0.138. The number of aromatic nitrogens is 1.